The Kier molecular flexibility index (Phi) is 22.6. The zero-order valence-corrected chi connectivity index (χ0v) is 59.8. The molecule has 0 radical (unpaired) electrons. The summed E-state index contributed by atoms with van der Waals surface area (Å²) >= 11 is 13.2. The Hall–Kier alpha value is -9.67. The Morgan fingerprint density at radius 3 is 1.22 bits per heavy atom. The lowest BCUT2D eigenvalue weighted by molar-refractivity contribution is -0.128. The molecule has 3 aromatic heterocycles. The van der Waals surface area contributed by atoms with Crippen LogP contribution >= 0.6 is 23.2 Å². The molecule has 4 fully saturated rings. The number of ether oxygens (including phenoxy) is 4. The summed E-state index contributed by atoms with van der Waals surface area (Å²) in [7, 11) is 3.18. The number of primary amides is 3. The number of hydrogen-bond donors (Lipinski definition) is 6. The lowest BCUT2D eigenvalue weighted by Gasteiger charge is -2.38. The van der Waals surface area contributed by atoms with E-state index in [1.54, 1.807) is 25.2 Å². The number of nitrogens with two attached hydrogens (primary N) is 3. The van der Waals surface area contributed by atoms with Gasteiger partial charge >= 0.3 is 0 Å². The molecule has 7 aliphatic rings. The topological polar surface area (TPSA) is 317 Å². The van der Waals surface area contributed by atoms with Crippen LogP contribution in [0.3, 0.4) is 0 Å². The molecule has 6 aliphatic heterocycles. The van der Waals surface area contributed by atoms with E-state index in [1.165, 1.54) is 12.2 Å². The van der Waals surface area contributed by atoms with Gasteiger partial charge in [0.1, 0.15) is 74.2 Å². The quantitative estimate of drug-likeness (QED) is 0.0344. The van der Waals surface area contributed by atoms with Gasteiger partial charge in [-0.2, -0.15) is 15.3 Å². The number of terminal acetylenes is 1. The number of benzene rings is 3. The van der Waals surface area contributed by atoms with Gasteiger partial charge < -0.3 is 66.8 Å². The SMILES string of the molecule is C#CC(=O)N1CCC(C2CCNc3c(C(N)=O)c(-c4cc(OC)c(C)c(OC)c4)nn32)CC1.C=CC(=O)N1CCC(C2CCNc3c(C(N)=O)c(-c4cc(Cl)c(C)c(OCC)c4)nn32)CC1.C=CC(=O)N1CCC(C2CCNc3c(C(N)=O)c(-c4cc(Cl)c(C5CC5)c(OCC)c4)nn32)CC1. The van der Waals surface area contributed by atoms with Crippen LogP contribution in [0.5, 0.6) is 23.0 Å². The molecule has 3 atom stereocenters. The second-order valence-corrected chi connectivity index (χ2v) is 27.4. The van der Waals surface area contributed by atoms with E-state index in [9.17, 15) is 28.8 Å². The molecule has 0 bridgehead atoms. The number of nitrogens with zero attached hydrogens (tertiary/aromatic N) is 9. The zero-order chi connectivity index (χ0) is 72.1. The molecule has 6 aromatic rings. The summed E-state index contributed by atoms with van der Waals surface area (Å²) in [6.45, 7) is 22.0. The Balaban J connectivity index is 0.000000153. The molecule has 27 heteroatoms. The van der Waals surface area contributed by atoms with Crippen LogP contribution in [0.4, 0.5) is 17.5 Å². The standard InChI is InChI=1S/C26H32ClN5O3.C24H30ClN5O3.C24H29N5O4/c1-3-21(33)31-11-8-15(9-12-31)19-7-10-29-26-23(25(28)34)24(30-32(19)26)17-13-18(27)22(16-5-6-16)20(14-17)35-4-2;1-4-20(31)29-10-7-15(8-11-29)18-6-9-27-24-21(23(26)32)22(28-30(18)24)16-12-17(25)14(3)19(13-16)33-5-2;1-5-20(30)28-10-7-15(8-11-28)17-6-9-26-24-21(23(25)31)22(27-29(17)24)16-12-18(32-3)14(2)19(13-16)33-4/h3,13-16,19,29H,1,4-12H2,2H3,(H2,28,34);4,12-13,15,18,27H,1,5-11H2,2-3H3,(H2,26,32);1,12-13,15,17,26H,6-11H2,2-4H3,(H2,25,31). The molecule has 6 amide bonds. The molecule has 13 rings (SSSR count). The first-order chi connectivity index (χ1) is 48.7. The summed E-state index contributed by atoms with van der Waals surface area (Å²) in [4.78, 5) is 78.9. The average Bonchev–Trinajstić information content (AvgIpc) is 1.62. The van der Waals surface area contributed by atoms with E-state index in [0.29, 0.717) is 172 Å². The zero-order valence-electron chi connectivity index (χ0n) is 58.3. The highest BCUT2D eigenvalue weighted by Gasteiger charge is 2.41. The predicted molar refractivity (Wildman–Crippen MR) is 389 cm³/mol. The molecule has 3 saturated heterocycles. The second kappa shape index (κ2) is 31.5. The number of nitrogens with one attached hydrogen (secondary N) is 3. The molecule has 25 nitrogen and oxygen atoms in total. The number of aromatic nitrogens is 6. The maximum absolute atomic E-state index is 12.7. The van der Waals surface area contributed by atoms with Crippen molar-refractivity contribution in [2.75, 3.05) is 102 Å². The van der Waals surface area contributed by atoms with Crippen molar-refractivity contribution in [2.45, 2.75) is 122 Å². The lowest BCUT2D eigenvalue weighted by atomic mass is 9.87. The van der Waals surface area contributed by atoms with E-state index >= 15 is 0 Å². The van der Waals surface area contributed by atoms with Gasteiger partial charge in [0.2, 0.25) is 11.8 Å². The molecule has 9 heterocycles. The number of piperidine rings is 3. The van der Waals surface area contributed by atoms with Crippen LogP contribution in [0, 0.1) is 43.9 Å². The number of amides is 6. The van der Waals surface area contributed by atoms with Crippen molar-refractivity contribution in [3.63, 3.8) is 0 Å². The Morgan fingerprint density at radius 1 is 0.525 bits per heavy atom. The molecule has 101 heavy (non-hydrogen) atoms. The first-order valence-corrected chi connectivity index (χ1v) is 35.6. The predicted octanol–water partition coefficient (Wildman–Crippen LogP) is 10.4. The van der Waals surface area contributed by atoms with Gasteiger partial charge in [-0.3, -0.25) is 28.8 Å². The summed E-state index contributed by atoms with van der Waals surface area (Å²) in [6.07, 6.45) is 18.0. The maximum atomic E-state index is 12.7. The van der Waals surface area contributed by atoms with Crippen molar-refractivity contribution in [3.05, 3.63) is 105 Å². The number of halogens is 2. The third kappa shape index (κ3) is 14.9. The number of hydrogen-bond acceptors (Lipinski definition) is 16. The van der Waals surface area contributed by atoms with Crippen molar-refractivity contribution in [3.8, 4) is 69.1 Å². The maximum Gasteiger partial charge on any atom is 0.298 e. The molecule has 3 unspecified atom stereocenters. The number of fused-ring (bicyclic) bond motifs is 3. The molecule has 0 spiro atoms. The van der Waals surface area contributed by atoms with Crippen LogP contribution in [-0.2, 0) is 14.4 Å². The molecule has 1 saturated carbocycles. The van der Waals surface area contributed by atoms with Crippen LogP contribution in [0.1, 0.15) is 156 Å². The van der Waals surface area contributed by atoms with Crippen molar-refractivity contribution >= 4 is 76.1 Å². The molecule has 536 valence electrons. The van der Waals surface area contributed by atoms with Gasteiger partial charge in [-0.1, -0.05) is 36.4 Å². The van der Waals surface area contributed by atoms with Crippen molar-refractivity contribution in [2.24, 2.45) is 35.0 Å². The van der Waals surface area contributed by atoms with Gasteiger partial charge in [0, 0.05) is 102 Å². The first-order valence-electron chi connectivity index (χ1n) is 34.9. The summed E-state index contributed by atoms with van der Waals surface area (Å²) in [5.41, 5.74) is 25.0. The largest absolute Gasteiger partial charge is 0.496 e. The third-order valence-corrected chi connectivity index (χ3v) is 21.5. The number of rotatable bonds is 18. The van der Waals surface area contributed by atoms with E-state index in [2.05, 4.69) is 35.0 Å². The fraction of sp³-hybridized carbons (Fsp3) is 0.473. The van der Waals surface area contributed by atoms with Gasteiger partial charge in [-0.05, 0) is 176 Å². The van der Waals surface area contributed by atoms with E-state index in [0.717, 1.165) is 112 Å². The summed E-state index contributed by atoms with van der Waals surface area (Å²) in [6, 6.07) is 11.5. The van der Waals surface area contributed by atoms with E-state index < -0.39 is 17.7 Å². The monoisotopic (exact) mass is 1420 g/mol. The number of anilines is 3. The highest BCUT2D eigenvalue weighted by molar-refractivity contribution is 6.32. The molecule has 3 aromatic carbocycles. The molecule has 1 aliphatic carbocycles. The molecular formula is C74H91Cl2N15O10. The Morgan fingerprint density at radius 2 is 0.871 bits per heavy atom. The number of methoxy groups -OCH3 is 2. The van der Waals surface area contributed by atoms with Crippen LogP contribution in [0.25, 0.3) is 33.8 Å². The normalized spacial score (nSPS) is 18.9. The van der Waals surface area contributed by atoms with Gasteiger partial charge in [0.15, 0.2) is 0 Å². The van der Waals surface area contributed by atoms with E-state index in [1.807, 2.05) is 81.9 Å². The minimum atomic E-state index is -0.549. The van der Waals surface area contributed by atoms with Gasteiger partial charge in [-0.25, -0.2) is 14.0 Å². The van der Waals surface area contributed by atoms with E-state index in [4.69, 9.17) is 81.1 Å². The highest BCUT2D eigenvalue weighted by atomic mass is 35.5. The Bertz CT molecular complexity index is 4200. The molecular weight excluding hydrogens is 1330 g/mol. The van der Waals surface area contributed by atoms with Crippen molar-refractivity contribution < 1.29 is 47.7 Å². The minimum Gasteiger partial charge on any atom is -0.496 e. The summed E-state index contributed by atoms with van der Waals surface area (Å²) in [5.74, 6) is 6.31. The van der Waals surface area contributed by atoms with Crippen LogP contribution < -0.4 is 52.1 Å². The van der Waals surface area contributed by atoms with Crippen LogP contribution in [0.15, 0.2) is 61.7 Å². The first kappa shape index (κ1) is 72.6. The fourth-order valence-corrected chi connectivity index (χ4v) is 16.0. The second-order valence-electron chi connectivity index (χ2n) is 26.6. The Labute approximate surface area is 598 Å². The third-order valence-electron chi connectivity index (χ3n) is 20.8. The van der Waals surface area contributed by atoms with Gasteiger partial charge in [-0.15, -0.1) is 6.42 Å². The average molecular weight is 1420 g/mol. The number of likely N-dealkylation sites (tertiary alicyclic amines) is 3. The fourth-order valence-electron chi connectivity index (χ4n) is 15.5. The summed E-state index contributed by atoms with van der Waals surface area (Å²) in [5, 5.41) is 25.9. The van der Waals surface area contributed by atoms with Crippen molar-refractivity contribution in [1.29, 1.82) is 0 Å². The summed E-state index contributed by atoms with van der Waals surface area (Å²) < 4.78 is 28.5. The van der Waals surface area contributed by atoms with Crippen molar-refractivity contribution in [1.82, 2.24) is 44.0 Å². The minimum absolute atomic E-state index is 0.0246. The molecule has 9 N–H and O–H groups in total. The van der Waals surface area contributed by atoms with E-state index in [-0.39, 0.29) is 35.8 Å². The highest BCUT2D eigenvalue weighted by Crippen LogP contribution is 2.51. The smallest absolute Gasteiger partial charge is 0.298 e. The van der Waals surface area contributed by atoms with Gasteiger partial charge in [0.25, 0.3) is 23.6 Å². The van der Waals surface area contributed by atoms with Crippen LogP contribution in [-0.4, -0.2) is 166 Å². The number of carbonyl (C=O) groups is 6. The van der Waals surface area contributed by atoms with Gasteiger partial charge in [0.05, 0.1) is 45.6 Å². The van der Waals surface area contributed by atoms with Crippen LogP contribution in [0.2, 0.25) is 10.0 Å². The number of carbonyl (C=O) groups excluding carboxylic acids is 6. The lowest BCUT2D eigenvalue weighted by Crippen LogP contribution is -2.41.